The van der Waals surface area contributed by atoms with E-state index in [-0.39, 0.29) is 21.1 Å². The molecule has 13 aromatic rings. The third-order valence-electron chi connectivity index (χ3n) is 14.8. The predicted octanol–water partition coefficient (Wildman–Crippen LogP) is 17.3. The summed E-state index contributed by atoms with van der Waals surface area (Å²) in [5, 5.41) is 9.84. The Labute approximate surface area is 447 Å². The summed E-state index contributed by atoms with van der Waals surface area (Å²) in [5.74, 6) is 0.678. The van der Waals surface area contributed by atoms with E-state index in [2.05, 4.69) is 0 Å². The van der Waals surface area contributed by atoms with Crippen LogP contribution in [0.3, 0.4) is 0 Å². The first kappa shape index (κ1) is 46.5. The number of hydrogen-bond acceptors (Lipinski definition) is 4. The number of aromatic nitrogens is 6. The number of benzene rings is 10. The summed E-state index contributed by atoms with van der Waals surface area (Å²) in [6, 6.07) is 57.5. The van der Waals surface area contributed by atoms with Gasteiger partial charge in [-0.1, -0.05) is 121 Å². The third kappa shape index (κ3) is 7.45. The second-order valence-corrected chi connectivity index (χ2v) is 19.2. The molecule has 13 heteroatoms. The van der Waals surface area contributed by atoms with E-state index < -0.39 is 23.5 Å². The number of fused-ring (bicyclic) bond motifs is 24. The van der Waals surface area contributed by atoms with Gasteiger partial charge in [-0.2, -0.15) is 26.3 Å². The van der Waals surface area contributed by atoms with Gasteiger partial charge in [-0.15, -0.1) is 0 Å². The molecule has 0 spiro atoms. The van der Waals surface area contributed by atoms with Crippen molar-refractivity contribution in [3.8, 4) is 67.5 Å². The first-order valence-corrected chi connectivity index (χ1v) is 24.4. The maximum atomic E-state index is 14.4. The summed E-state index contributed by atoms with van der Waals surface area (Å²) in [5.41, 5.74) is 4.76. The van der Waals surface area contributed by atoms with Crippen LogP contribution in [-0.2, 0) is 33.4 Å². The number of alkyl halides is 6. The fraction of sp³-hybridized carbons (Fsp3) is 0.0312. The van der Waals surface area contributed by atoms with Crippen LogP contribution in [0.15, 0.2) is 194 Å². The molecule has 15 rings (SSSR count). The number of rotatable bonds is 2. The van der Waals surface area contributed by atoms with E-state index >= 15 is 0 Å². The van der Waals surface area contributed by atoms with Crippen molar-refractivity contribution in [2.75, 3.05) is 0 Å². The van der Waals surface area contributed by atoms with Crippen molar-refractivity contribution in [3.63, 3.8) is 0 Å². The molecule has 0 unspecified atom stereocenters. The van der Waals surface area contributed by atoms with Gasteiger partial charge in [-0.05, 0) is 171 Å². The molecule has 6 nitrogen and oxygen atoms in total. The smallest absolute Gasteiger partial charge is 0.435 e. The van der Waals surface area contributed by atoms with Gasteiger partial charge in [0, 0.05) is 33.4 Å². The van der Waals surface area contributed by atoms with Crippen LogP contribution < -0.4 is 9.97 Å². The normalized spacial score (nSPS) is 12.4. The van der Waals surface area contributed by atoms with Crippen LogP contribution in [0.5, 0.6) is 0 Å². The number of halogens is 6. The van der Waals surface area contributed by atoms with E-state index in [1.807, 2.05) is 146 Å². The molecule has 0 aliphatic carbocycles. The molecule has 8 bridgehead atoms. The molecule has 0 amide bonds. The topological polar surface area (TPSA) is 79.8 Å². The molecule has 0 saturated carbocycles. The quantitative estimate of drug-likeness (QED) is 0.161. The summed E-state index contributed by atoms with van der Waals surface area (Å²) in [7, 11) is 0. The van der Waals surface area contributed by atoms with Gasteiger partial charge in [0.2, 0.25) is 0 Å². The summed E-state index contributed by atoms with van der Waals surface area (Å²) < 4.78 is 86.6. The Morgan fingerprint density at radius 2 is 0.610 bits per heavy atom. The van der Waals surface area contributed by atoms with Gasteiger partial charge in [-0.3, -0.25) is 4.98 Å². The molecule has 0 N–H and O–H groups in total. The maximum absolute atomic E-state index is 14.4. The SMILES string of the molecule is FC(F)(F)c1ccc(-c2c3nc(c(-c4ccc(C(F)(F)F)cc4)c4[n-]c(nc5nc(nc6[n-]c2c2cc7ccccc7cc62)-c2cc6ccccc6cc2-5)c2cc5ccccc5cc42)-c2cc4ccccc4cc2-3)cc1.[Pt+2]. The van der Waals surface area contributed by atoms with Crippen molar-refractivity contribution in [1.29, 1.82) is 0 Å². The van der Waals surface area contributed by atoms with E-state index in [0.717, 1.165) is 67.4 Å². The van der Waals surface area contributed by atoms with Crippen molar-refractivity contribution in [2.24, 2.45) is 0 Å². The van der Waals surface area contributed by atoms with Crippen LogP contribution in [0, 0.1) is 0 Å². The Hall–Kier alpha value is -8.99. The molecule has 5 heterocycles. The molecule has 2 aliphatic rings. The fourth-order valence-electron chi connectivity index (χ4n) is 11.1. The van der Waals surface area contributed by atoms with Gasteiger partial charge in [-0.25, -0.2) is 4.98 Å². The Bertz CT molecular complexity index is 4550. The monoisotopic (exact) mass is 1190 g/mol. The van der Waals surface area contributed by atoms with E-state index in [1.54, 1.807) is 0 Å². The Morgan fingerprint density at radius 3 is 0.935 bits per heavy atom. The molecule has 370 valence electrons. The first-order valence-electron chi connectivity index (χ1n) is 24.4. The van der Waals surface area contributed by atoms with Crippen molar-refractivity contribution >= 4 is 87.0 Å². The Morgan fingerprint density at radius 1 is 0.312 bits per heavy atom. The van der Waals surface area contributed by atoms with Crippen molar-refractivity contribution < 1.29 is 47.4 Å². The minimum Gasteiger partial charge on any atom is -0.435 e. The predicted molar refractivity (Wildman–Crippen MR) is 289 cm³/mol. The minimum atomic E-state index is -4.63. The van der Waals surface area contributed by atoms with Crippen LogP contribution in [0.2, 0.25) is 0 Å². The zero-order valence-corrected chi connectivity index (χ0v) is 42.0. The van der Waals surface area contributed by atoms with Gasteiger partial charge in [0.05, 0.1) is 34.2 Å². The second kappa shape index (κ2) is 17.0. The van der Waals surface area contributed by atoms with E-state index in [9.17, 15) is 26.3 Å². The molecular formula is C64H32F6N6Pt. The molecule has 10 aromatic carbocycles. The molecule has 0 fully saturated rings. The summed E-state index contributed by atoms with van der Waals surface area (Å²) in [6.07, 6.45) is -9.26. The second-order valence-electron chi connectivity index (χ2n) is 19.2. The van der Waals surface area contributed by atoms with Crippen LogP contribution in [-0.4, -0.2) is 19.9 Å². The average Bonchev–Trinajstić information content (AvgIpc) is 4.38. The van der Waals surface area contributed by atoms with E-state index in [1.165, 1.54) is 24.3 Å². The van der Waals surface area contributed by atoms with Gasteiger partial charge in [0.25, 0.3) is 0 Å². The van der Waals surface area contributed by atoms with E-state index in [4.69, 9.17) is 29.9 Å². The molecule has 0 saturated heterocycles. The van der Waals surface area contributed by atoms with Gasteiger partial charge in [0.1, 0.15) is 0 Å². The largest absolute Gasteiger partial charge is 2.00 e. The van der Waals surface area contributed by atoms with Crippen LogP contribution in [0.1, 0.15) is 11.1 Å². The van der Waals surface area contributed by atoms with Crippen molar-refractivity contribution in [3.05, 3.63) is 205 Å². The molecule has 77 heavy (non-hydrogen) atoms. The molecule has 3 aromatic heterocycles. The summed E-state index contributed by atoms with van der Waals surface area (Å²) in [4.78, 5) is 32.3. The maximum Gasteiger partial charge on any atom is 2.00 e. The number of nitrogens with zero attached hydrogens (tertiary/aromatic N) is 6. The summed E-state index contributed by atoms with van der Waals surface area (Å²) >= 11 is 0. The third-order valence-corrected chi connectivity index (χ3v) is 14.8. The minimum absolute atomic E-state index is 0. The average molecular weight is 1190 g/mol. The molecule has 0 atom stereocenters. The standard InChI is InChI=1S/C64H32F6N6.Pt/c65-63(66,67)43-21-17-33(18-22-43)53-55-45-25-35-9-1-2-10-36(35)26-46(45)56(71-55)54(34-19-23-44(24-20-34)64(68,69)70)58-48-28-38-12-4-6-14-40(38)30-50(48)60(73-58)75-62-52-32-42-16-8-7-15-41(42)31-51(52)61(76-62)74-59-49-29-39-13-5-3-11-37(39)27-47(49)57(53)72-59;/h1-32H;/q-2;+2. The van der Waals surface area contributed by atoms with Gasteiger partial charge < -0.3 is 19.9 Å². The molecular weight excluding hydrogens is 1160 g/mol. The van der Waals surface area contributed by atoms with Crippen LogP contribution >= 0.6 is 0 Å². The number of hydrogen-bond donors (Lipinski definition) is 0. The van der Waals surface area contributed by atoms with Crippen molar-refractivity contribution in [1.82, 2.24) is 29.9 Å². The Kier molecular flexibility index (Phi) is 10.3. The van der Waals surface area contributed by atoms with Gasteiger partial charge >= 0.3 is 33.4 Å². The fourth-order valence-corrected chi connectivity index (χ4v) is 11.1. The van der Waals surface area contributed by atoms with E-state index in [0.29, 0.717) is 111 Å². The molecule has 0 radical (unpaired) electrons. The first-order chi connectivity index (χ1) is 36.9. The Balaban J connectivity index is 0.00000540. The zero-order valence-electron chi connectivity index (χ0n) is 39.7. The van der Waals surface area contributed by atoms with Crippen LogP contribution in [0.25, 0.3) is 155 Å². The van der Waals surface area contributed by atoms with Crippen molar-refractivity contribution in [2.45, 2.75) is 12.4 Å². The molecule has 2 aliphatic heterocycles. The zero-order chi connectivity index (χ0) is 51.2. The van der Waals surface area contributed by atoms with Gasteiger partial charge in [0.15, 0.2) is 0 Å². The van der Waals surface area contributed by atoms with Crippen LogP contribution in [0.4, 0.5) is 26.3 Å². The summed E-state index contributed by atoms with van der Waals surface area (Å²) in [6.45, 7) is 0.